The first-order valence-electron chi connectivity index (χ1n) is 10.7. The first-order chi connectivity index (χ1) is 15.2. The molecular formula is C27H30N2O2S. The van der Waals surface area contributed by atoms with Gasteiger partial charge in [0.15, 0.2) is 0 Å². The molecule has 3 rings (SSSR count). The van der Waals surface area contributed by atoms with Gasteiger partial charge in [-0.05, 0) is 60.9 Å². The number of nitrogens with one attached hydrogen (secondary N) is 2. The van der Waals surface area contributed by atoms with Crippen LogP contribution in [0.4, 0.5) is 0 Å². The molecule has 5 heteroatoms. The minimum absolute atomic E-state index is 0.0827. The first kappa shape index (κ1) is 23.5. The molecule has 1 atom stereocenters. The lowest BCUT2D eigenvalue weighted by molar-refractivity contribution is -0.118. The third-order valence-corrected chi connectivity index (χ3v) is 6.20. The second-order valence-corrected chi connectivity index (χ2v) is 9.70. The van der Waals surface area contributed by atoms with Crippen molar-refractivity contribution < 1.29 is 9.59 Å². The molecule has 2 N–H and O–H groups in total. The molecule has 0 fully saturated rings. The number of benzene rings is 2. The van der Waals surface area contributed by atoms with E-state index >= 15 is 0 Å². The molecule has 3 aromatic rings. The van der Waals surface area contributed by atoms with E-state index in [0.717, 1.165) is 16.9 Å². The summed E-state index contributed by atoms with van der Waals surface area (Å²) in [5.74, 6) is -0.601. The summed E-state index contributed by atoms with van der Waals surface area (Å²) in [6, 6.07) is 21.3. The van der Waals surface area contributed by atoms with Crippen LogP contribution in [0.1, 0.15) is 53.6 Å². The number of hydrogen-bond acceptors (Lipinski definition) is 3. The van der Waals surface area contributed by atoms with E-state index in [9.17, 15) is 9.59 Å². The van der Waals surface area contributed by atoms with Crippen molar-refractivity contribution in [1.29, 1.82) is 0 Å². The van der Waals surface area contributed by atoms with Crippen LogP contribution in [0.25, 0.3) is 6.08 Å². The van der Waals surface area contributed by atoms with Gasteiger partial charge in [0.2, 0.25) is 0 Å². The van der Waals surface area contributed by atoms with Crippen LogP contribution in [0, 0.1) is 6.92 Å². The van der Waals surface area contributed by atoms with E-state index in [-0.39, 0.29) is 29.0 Å². The van der Waals surface area contributed by atoms with Gasteiger partial charge in [0.1, 0.15) is 5.70 Å². The number of rotatable bonds is 8. The fourth-order valence-electron chi connectivity index (χ4n) is 3.70. The van der Waals surface area contributed by atoms with Gasteiger partial charge in [-0.2, -0.15) is 0 Å². The van der Waals surface area contributed by atoms with E-state index in [0.29, 0.717) is 5.56 Å². The summed E-state index contributed by atoms with van der Waals surface area (Å²) >= 11 is 1.51. The van der Waals surface area contributed by atoms with Gasteiger partial charge in [-0.25, -0.2) is 0 Å². The highest BCUT2D eigenvalue weighted by Crippen LogP contribution is 2.28. The Hall–Kier alpha value is -3.18. The molecule has 0 unspecified atom stereocenters. The van der Waals surface area contributed by atoms with Crippen LogP contribution in [0.3, 0.4) is 0 Å². The minimum atomic E-state index is -0.305. The molecule has 1 heterocycles. The Kier molecular flexibility index (Phi) is 7.65. The predicted octanol–water partition coefficient (Wildman–Crippen LogP) is 5.70. The van der Waals surface area contributed by atoms with Crippen LogP contribution in [0.5, 0.6) is 0 Å². The molecule has 0 saturated carbocycles. The fourth-order valence-corrected chi connectivity index (χ4v) is 4.36. The van der Waals surface area contributed by atoms with Gasteiger partial charge >= 0.3 is 0 Å². The third kappa shape index (κ3) is 6.41. The van der Waals surface area contributed by atoms with Gasteiger partial charge in [-0.3, -0.25) is 9.59 Å². The maximum atomic E-state index is 13.1. The highest BCUT2D eigenvalue weighted by atomic mass is 32.1. The number of aryl methyl sites for hydroxylation is 1. The Bertz CT molecular complexity index is 1070. The van der Waals surface area contributed by atoms with Crippen molar-refractivity contribution in [3.8, 4) is 0 Å². The maximum absolute atomic E-state index is 13.1. The molecule has 166 valence electrons. The summed E-state index contributed by atoms with van der Waals surface area (Å²) in [6.07, 6.45) is 2.49. The van der Waals surface area contributed by atoms with Crippen molar-refractivity contribution >= 4 is 29.2 Å². The SMILES string of the molecule is Cc1ccc(C(=O)N/C(=C\c2cccs2)C(=O)N[C@@H](C)CC(C)(C)c2ccccc2)cc1. The lowest BCUT2D eigenvalue weighted by Gasteiger charge is -2.29. The van der Waals surface area contributed by atoms with Crippen LogP contribution >= 0.6 is 11.3 Å². The van der Waals surface area contributed by atoms with Crippen LogP contribution in [0.2, 0.25) is 0 Å². The third-order valence-electron chi connectivity index (χ3n) is 5.39. The van der Waals surface area contributed by atoms with Gasteiger partial charge < -0.3 is 10.6 Å². The molecule has 2 aromatic carbocycles. The molecule has 0 aliphatic rings. The Morgan fingerprint density at radius 3 is 2.31 bits per heavy atom. The molecule has 32 heavy (non-hydrogen) atoms. The standard InChI is InChI=1S/C27H30N2O2S/c1-19-12-14-21(15-13-19)25(30)29-24(17-23-11-8-16-32-23)26(31)28-20(2)18-27(3,4)22-9-6-5-7-10-22/h5-17,20H,18H2,1-4H3,(H,28,31)(H,29,30)/b24-17-/t20-/m0/s1. The zero-order valence-electron chi connectivity index (χ0n) is 19.0. The molecule has 0 aliphatic carbocycles. The van der Waals surface area contributed by atoms with Gasteiger partial charge in [0.25, 0.3) is 11.8 Å². The highest BCUT2D eigenvalue weighted by Gasteiger charge is 2.25. The van der Waals surface area contributed by atoms with Gasteiger partial charge in [0, 0.05) is 16.5 Å². The number of carbonyl (C=O) groups is 2. The summed E-state index contributed by atoms with van der Waals surface area (Å²) in [5.41, 5.74) is 2.95. The number of carbonyl (C=O) groups excluding carboxylic acids is 2. The van der Waals surface area contributed by atoms with E-state index in [1.165, 1.54) is 16.9 Å². The maximum Gasteiger partial charge on any atom is 0.268 e. The second kappa shape index (κ2) is 10.4. The normalized spacial score (nSPS) is 12.8. The van der Waals surface area contributed by atoms with Gasteiger partial charge in [-0.15, -0.1) is 11.3 Å². The largest absolute Gasteiger partial charge is 0.348 e. The summed E-state index contributed by atoms with van der Waals surface area (Å²) in [7, 11) is 0. The molecular weight excluding hydrogens is 416 g/mol. The summed E-state index contributed by atoms with van der Waals surface area (Å²) in [5, 5.41) is 7.81. The lowest BCUT2D eigenvalue weighted by atomic mass is 9.79. The fraction of sp³-hybridized carbons (Fsp3) is 0.259. The van der Waals surface area contributed by atoms with E-state index in [4.69, 9.17) is 0 Å². The van der Waals surface area contributed by atoms with Gasteiger partial charge in [0.05, 0.1) is 0 Å². The van der Waals surface area contributed by atoms with Crippen LogP contribution in [-0.4, -0.2) is 17.9 Å². The van der Waals surface area contributed by atoms with Crippen LogP contribution in [-0.2, 0) is 10.2 Å². The monoisotopic (exact) mass is 446 g/mol. The quantitative estimate of drug-likeness (QED) is 0.436. The van der Waals surface area contributed by atoms with Crippen molar-refractivity contribution in [2.24, 2.45) is 0 Å². The molecule has 0 aliphatic heterocycles. The zero-order valence-corrected chi connectivity index (χ0v) is 19.8. The van der Waals surface area contributed by atoms with Crippen LogP contribution < -0.4 is 10.6 Å². The predicted molar refractivity (Wildman–Crippen MR) is 133 cm³/mol. The Labute approximate surface area is 194 Å². The average molecular weight is 447 g/mol. The molecule has 2 amide bonds. The Morgan fingerprint density at radius 2 is 1.69 bits per heavy atom. The van der Waals surface area contributed by atoms with Crippen molar-refractivity contribution in [1.82, 2.24) is 10.6 Å². The van der Waals surface area contributed by atoms with Crippen molar-refractivity contribution in [3.63, 3.8) is 0 Å². The molecule has 4 nitrogen and oxygen atoms in total. The minimum Gasteiger partial charge on any atom is -0.348 e. The lowest BCUT2D eigenvalue weighted by Crippen LogP contribution is -2.41. The summed E-state index contributed by atoms with van der Waals surface area (Å²) in [6.45, 7) is 8.31. The van der Waals surface area contributed by atoms with Crippen molar-refractivity contribution in [2.45, 2.75) is 45.6 Å². The van der Waals surface area contributed by atoms with E-state index in [1.807, 2.05) is 61.7 Å². The zero-order chi connectivity index (χ0) is 23.1. The Morgan fingerprint density at radius 1 is 1.00 bits per heavy atom. The molecule has 0 saturated heterocycles. The smallest absolute Gasteiger partial charge is 0.268 e. The van der Waals surface area contributed by atoms with Crippen molar-refractivity contribution in [3.05, 3.63) is 99.4 Å². The van der Waals surface area contributed by atoms with E-state index in [1.54, 1.807) is 18.2 Å². The number of hydrogen-bond donors (Lipinski definition) is 2. The molecule has 0 radical (unpaired) electrons. The van der Waals surface area contributed by atoms with Gasteiger partial charge in [-0.1, -0.05) is 67.9 Å². The molecule has 0 spiro atoms. The Balaban J connectivity index is 1.73. The summed E-state index contributed by atoms with van der Waals surface area (Å²) in [4.78, 5) is 26.8. The molecule has 1 aromatic heterocycles. The average Bonchev–Trinajstić information content (AvgIpc) is 3.27. The number of amides is 2. The second-order valence-electron chi connectivity index (χ2n) is 8.72. The van der Waals surface area contributed by atoms with Crippen LogP contribution in [0.15, 0.2) is 77.8 Å². The molecule has 0 bridgehead atoms. The topological polar surface area (TPSA) is 58.2 Å². The van der Waals surface area contributed by atoms with Crippen molar-refractivity contribution in [2.75, 3.05) is 0 Å². The van der Waals surface area contributed by atoms with E-state index in [2.05, 4.69) is 36.6 Å². The summed E-state index contributed by atoms with van der Waals surface area (Å²) < 4.78 is 0. The number of thiophene rings is 1. The highest BCUT2D eigenvalue weighted by molar-refractivity contribution is 7.10. The van der Waals surface area contributed by atoms with E-state index < -0.39 is 0 Å². The first-order valence-corrected chi connectivity index (χ1v) is 11.6.